The quantitative estimate of drug-likeness (QED) is 0.345. The number of methoxy groups -OCH3 is 3. The number of rotatable bonds is 6. The lowest BCUT2D eigenvalue weighted by atomic mass is 10.0. The van der Waals surface area contributed by atoms with Crippen molar-refractivity contribution in [3.63, 3.8) is 0 Å². The van der Waals surface area contributed by atoms with Crippen LogP contribution in [0.2, 0.25) is 0 Å². The van der Waals surface area contributed by atoms with Crippen LogP contribution in [0.1, 0.15) is 35.8 Å². The lowest BCUT2D eigenvalue weighted by Gasteiger charge is -2.18. The molecule has 3 aromatic rings. The lowest BCUT2D eigenvalue weighted by Crippen LogP contribution is -2.08. The molecular weight excluding hydrogens is 483 g/mol. The van der Waals surface area contributed by atoms with Crippen LogP contribution < -0.4 is 9.47 Å². The average Bonchev–Trinajstić information content (AvgIpc) is 3.17. The zero-order chi connectivity index (χ0) is 21.1. The molecule has 1 aromatic heterocycles. The van der Waals surface area contributed by atoms with E-state index in [1.165, 1.54) is 7.11 Å². The first-order valence-electron chi connectivity index (χ1n) is 9.10. The van der Waals surface area contributed by atoms with E-state index in [4.69, 9.17) is 14.2 Å². The van der Waals surface area contributed by atoms with Crippen molar-refractivity contribution >= 4 is 28.6 Å². The topological polar surface area (TPSA) is 62.6 Å². The van der Waals surface area contributed by atoms with E-state index in [0.29, 0.717) is 22.8 Å². The summed E-state index contributed by atoms with van der Waals surface area (Å²) < 4.78 is 19.0. The Morgan fingerprint density at radius 2 is 1.69 bits per heavy atom. The number of benzene rings is 2. The molecular formula is C22H23IN2O4. The lowest BCUT2D eigenvalue weighted by molar-refractivity contribution is 0.0593. The second kappa shape index (κ2) is 8.86. The minimum Gasteiger partial charge on any atom is -0.496 e. The van der Waals surface area contributed by atoms with Crippen molar-refractivity contribution in [3.8, 4) is 28.4 Å². The fourth-order valence-electron chi connectivity index (χ4n) is 3.23. The number of carbonyl (C=O) groups excluding carboxylic acids is 1. The molecule has 0 N–H and O–H groups in total. The van der Waals surface area contributed by atoms with Crippen LogP contribution in [0.25, 0.3) is 16.9 Å². The molecule has 0 aliphatic rings. The van der Waals surface area contributed by atoms with Gasteiger partial charge in [0.2, 0.25) is 0 Å². The zero-order valence-corrected chi connectivity index (χ0v) is 19.2. The number of esters is 1. The largest absolute Gasteiger partial charge is 0.496 e. The average molecular weight is 506 g/mol. The van der Waals surface area contributed by atoms with Crippen LogP contribution in [0.5, 0.6) is 11.5 Å². The van der Waals surface area contributed by atoms with Crippen molar-refractivity contribution < 1.29 is 19.0 Å². The maximum atomic E-state index is 12.3. The standard InChI is InChI=1S/C22H23IN2O4/c1-13(2)15-11-14(23)9-10-17(15)25-18(12-16(24-25)22(26)29-5)21-19(27-3)7-6-8-20(21)28-4/h6-13H,1-5H3. The molecule has 0 atom stereocenters. The number of hydrogen-bond acceptors (Lipinski definition) is 5. The van der Waals surface area contributed by atoms with E-state index in [0.717, 1.165) is 14.8 Å². The highest BCUT2D eigenvalue weighted by atomic mass is 127. The van der Waals surface area contributed by atoms with E-state index in [-0.39, 0.29) is 11.6 Å². The molecule has 0 aliphatic carbocycles. The van der Waals surface area contributed by atoms with Crippen molar-refractivity contribution in [2.45, 2.75) is 19.8 Å². The van der Waals surface area contributed by atoms with Crippen molar-refractivity contribution in [1.82, 2.24) is 9.78 Å². The summed E-state index contributed by atoms with van der Waals surface area (Å²) in [5, 5.41) is 4.58. The van der Waals surface area contributed by atoms with Gasteiger partial charge in [-0.05, 0) is 70.5 Å². The van der Waals surface area contributed by atoms with Crippen LogP contribution in [0.4, 0.5) is 0 Å². The number of aromatic nitrogens is 2. The van der Waals surface area contributed by atoms with Crippen molar-refractivity contribution in [2.24, 2.45) is 0 Å². The van der Waals surface area contributed by atoms with Crippen LogP contribution in [-0.4, -0.2) is 37.1 Å². The summed E-state index contributed by atoms with van der Waals surface area (Å²) in [5.41, 5.74) is 3.62. The molecule has 0 unspecified atom stereocenters. The first-order chi connectivity index (χ1) is 13.9. The summed E-state index contributed by atoms with van der Waals surface area (Å²) in [4.78, 5) is 12.3. The smallest absolute Gasteiger partial charge is 0.358 e. The van der Waals surface area contributed by atoms with Crippen molar-refractivity contribution in [3.05, 3.63) is 57.3 Å². The highest BCUT2D eigenvalue weighted by Crippen LogP contribution is 2.40. The molecule has 6 nitrogen and oxygen atoms in total. The molecule has 3 rings (SSSR count). The predicted molar refractivity (Wildman–Crippen MR) is 120 cm³/mol. The fourth-order valence-corrected chi connectivity index (χ4v) is 3.75. The van der Waals surface area contributed by atoms with E-state index in [9.17, 15) is 4.79 Å². The normalized spacial score (nSPS) is 10.9. The molecule has 1 heterocycles. The number of halogens is 1. The number of ether oxygens (including phenoxy) is 3. The molecule has 2 aromatic carbocycles. The maximum Gasteiger partial charge on any atom is 0.358 e. The van der Waals surface area contributed by atoms with Gasteiger partial charge >= 0.3 is 5.97 Å². The molecule has 0 fully saturated rings. The molecule has 0 amide bonds. The van der Waals surface area contributed by atoms with Gasteiger partial charge in [0.25, 0.3) is 0 Å². The zero-order valence-electron chi connectivity index (χ0n) is 17.0. The summed E-state index contributed by atoms with van der Waals surface area (Å²) in [5.74, 6) is 1.01. The van der Waals surface area contributed by atoms with Crippen LogP contribution in [0, 0.1) is 3.57 Å². The van der Waals surface area contributed by atoms with Crippen molar-refractivity contribution in [1.29, 1.82) is 0 Å². The van der Waals surface area contributed by atoms with Gasteiger partial charge < -0.3 is 14.2 Å². The Kier molecular flexibility index (Phi) is 6.46. The third-order valence-corrected chi connectivity index (χ3v) is 5.30. The summed E-state index contributed by atoms with van der Waals surface area (Å²) in [6.45, 7) is 4.26. The van der Waals surface area contributed by atoms with E-state index < -0.39 is 5.97 Å². The molecule has 7 heteroatoms. The Bertz CT molecular complexity index is 1020. The summed E-state index contributed by atoms with van der Waals surface area (Å²) in [7, 11) is 4.55. The molecule has 0 spiro atoms. The molecule has 0 aliphatic heterocycles. The van der Waals surface area contributed by atoms with Gasteiger partial charge in [-0.25, -0.2) is 9.48 Å². The van der Waals surface area contributed by atoms with Gasteiger partial charge in [0.1, 0.15) is 11.5 Å². The number of hydrogen-bond donors (Lipinski definition) is 0. The molecule has 0 saturated heterocycles. The van der Waals surface area contributed by atoms with Gasteiger partial charge in [0, 0.05) is 3.57 Å². The number of carbonyl (C=O) groups is 1. The Morgan fingerprint density at radius 1 is 1.03 bits per heavy atom. The second-order valence-electron chi connectivity index (χ2n) is 6.71. The molecule has 152 valence electrons. The van der Waals surface area contributed by atoms with Gasteiger partial charge in [-0.15, -0.1) is 0 Å². The van der Waals surface area contributed by atoms with Crippen LogP contribution in [0.3, 0.4) is 0 Å². The van der Waals surface area contributed by atoms with Gasteiger partial charge in [0.15, 0.2) is 5.69 Å². The molecule has 0 radical (unpaired) electrons. The van der Waals surface area contributed by atoms with Crippen LogP contribution >= 0.6 is 22.6 Å². The molecule has 0 bridgehead atoms. The summed E-state index contributed by atoms with van der Waals surface area (Å²) in [6.07, 6.45) is 0. The minimum absolute atomic E-state index is 0.212. The van der Waals surface area contributed by atoms with Crippen LogP contribution in [0.15, 0.2) is 42.5 Å². The van der Waals surface area contributed by atoms with Crippen LogP contribution in [-0.2, 0) is 4.74 Å². The van der Waals surface area contributed by atoms with Crippen molar-refractivity contribution in [2.75, 3.05) is 21.3 Å². The Hall–Kier alpha value is -2.55. The number of nitrogens with zero attached hydrogens (tertiary/aromatic N) is 2. The predicted octanol–water partition coefficient (Wildman–Crippen LogP) is 5.07. The minimum atomic E-state index is -0.504. The highest BCUT2D eigenvalue weighted by molar-refractivity contribution is 14.1. The third kappa shape index (κ3) is 4.10. The fraction of sp³-hybridized carbons (Fsp3) is 0.273. The van der Waals surface area contributed by atoms with Gasteiger partial charge in [0.05, 0.1) is 38.3 Å². The Labute approximate surface area is 183 Å². The summed E-state index contributed by atoms with van der Waals surface area (Å²) in [6, 6.07) is 13.4. The second-order valence-corrected chi connectivity index (χ2v) is 7.96. The van der Waals surface area contributed by atoms with Gasteiger partial charge in [-0.2, -0.15) is 5.10 Å². The Balaban J connectivity index is 2.37. The van der Waals surface area contributed by atoms with E-state index in [1.807, 2.05) is 30.3 Å². The van der Waals surface area contributed by atoms with Gasteiger partial charge in [-0.3, -0.25) is 0 Å². The third-order valence-electron chi connectivity index (χ3n) is 4.63. The van der Waals surface area contributed by atoms with E-state index in [1.54, 1.807) is 25.0 Å². The van der Waals surface area contributed by atoms with E-state index in [2.05, 4.69) is 47.6 Å². The first-order valence-corrected chi connectivity index (χ1v) is 10.2. The SMILES string of the molecule is COC(=O)c1cc(-c2c(OC)cccc2OC)n(-c2ccc(I)cc2C(C)C)n1. The monoisotopic (exact) mass is 506 g/mol. The maximum absolute atomic E-state index is 12.3. The van der Waals surface area contributed by atoms with Gasteiger partial charge in [-0.1, -0.05) is 19.9 Å². The highest BCUT2D eigenvalue weighted by Gasteiger charge is 2.24. The van der Waals surface area contributed by atoms with E-state index >= 15 is 0 Å². The molecule has 0 saturated carbocycles. The summed E-state index contributed by atoms with van der Waals surface area (Å²) >= 11 is 2.30. The first kappa shape index (κ1) is 21.2. The Morgan fingerprint density at radius 3 is 2.24 bits per heavy atom. The molecule has 29 heavy (non-hydrogen) atoms.